The van der Waals surface area contributed by atoms with E-state index in [4.69, 9.17) is 9.47 Å². The molecule has 30 heavy (non-hydrogen) atoms. The second-order valence-corrected chi connectivity index (χ2v) is 8.98. The second-order valence-electron chi connectivity index (χ2n) is 7.70. The molecule has 0 radical (unpaired) electrons. The van der Waals surface area contributed by atoms with E-state index in [1.165, 1.54) is 7.11 Å². The molecule has 2 bridgehead atoms. The third-order valence-corrected chi connectivity index (χ3v) is 7.39. The van der Waals surface area contributed by atoms with E-state index in [1.807, 2.05) is 30.3 Å². The normalized spacial score (nSPS) is 25.9. The Bertz CT molecular complexity index is 880. The Balaban J connectivity index is 1.53. The number of hydrogen-bond donors (Lipinski definition) is 1. The van der Waals surface area contributed by atoms with Crippen LogP contribution in [0.25, 0.3) is 0 Å². The van der Waals surface area contributed by atoms with Gasteiger partial charge in [0.15, 0.2) is 6.04 Å². The molecule has 3 atom stereocenters. The number of esters is 2. The summed E-state index contributed by atoms with van der Waals surface area (Å²) in [5, 5.41) is 3.28. The number of alkyl halides is 1. The van der Waals surface area contributed by atoms with Crippen LogP contribution in [0.3, 0.4) is 0 Å². The van der Waals surface area contributed by atoms with Crippen LogP contribution in [0.4, 0.5) is 5.69 Å². The van der Waals surface area contributed by atoms with Gasteiger partial charge in [0.1, 0.15) is 6.10 Å². The molecule has 3 saturated heterocycles. The molecular weight excluding hydrogens is 495 g/mol. The van der Waals surface area contributed by atoms with E-state index >= 15 is 0 Å². The third-order valence-electron chi connectivity index (χ3n) is 5.90. The molecule has 0 saturated carbocycles. The monoisotopic (exact) mass is 520 g/mol. The largest absolute Gasteiger partial charge is 0.465 e. The molecule has 6 nitrogen and oxygen atoms in total. The van der Waals surface area contributed by atoms with Gasteiger partial charge in [-0.15, -0.1) is 0 Å². The van der Waals surface area contributed by atoms with Crippen molar-refractivity contribution in [2.45, 2.75) is 29.0 Å². The average molecular weight is 520 g/mol. The maximum Gasteiger partial charge on any atom is 0.337 e. The van der Waals surface area contributed by atoms with Crippen LogP contribution in [0.1, 0.15) is 34.8 Å². The SMILES string of the molecule is COC(=O)c1ccc(NC(C(=O)OC2C3CCN(CC3)C2I)c2ccccc2)cc1. The molecule has 5 rings (SSSR count). The minimum atomic E-state index is -0.630. The van der Waals surface area contributed by atoms with Crippen molar-refractivity contribution in [1.29, 1.82) is 0 Å². The lowest BCUT2D eigenvalue weighted by Gasteiger charge is -2.48. The molecule has 2 aromatic rings. The maximum absolute atomic E-state index is 13.3. The lowest BCUT2D eigenvalue weighted by Crippen LogP contribution is -2.56. The number of anilines is 1. The number of nitrogens with zero attached hydrogens (tertiary/aromatic N) is 1. The van der Waals surface area contributed by atoms with Gasteiger partial charge >= 0.3 is 11.9 Å². The Kier molecular flexibility index (Phi) is 6.58. The summed E-state index contributed by atoms with van der Waals surface area (Å²) in [5.74, 6) is -0.244. The van der Waals surface area contributed by atoms with E-state index in [2.05, 4.69) is 32.8 Å². The number of halogens is 1. The molecule has 0 spiro atoms. The Morgan fingerprint density at radius 1 is 1.07 bits per heavy atom. The van der Waals surface area contributed by atoms with Gasteiger partial charge in [0.2, 0.25) is 0 Å². The number of benzene rings is 2. The smallest absolute Gasteiger partial charge is 0.337 e. The second kappa shape index (κ2) is 9.34. The minimum absolute atomic E-state index is 0.0877. The predicted molar refractivity (Wildman–Crippen MR) is 123 cm³/mol. The zero-order chi connectivity index (χ0) is 21.1. The number of ether oxygens (including phenoxy) is 2. The molecule has 0 amide bonds. The van der Waals surface area contributed by atoms with Gasteiger partial charge in [-0.05, 0) is 55.8 Å². The van der Waals surface area contributed by atoms with Crippen LogP contribution in [0.15, 0.2) is 54.6 Å². The van der Waals surface area contributed by atoms with Crippen molar-refractivity contribution in [2.24, 2.45) is 5.92 Å². The van der Waals surface area contributed by atoms with Crippen LogP contribution >= 0.6 is 22.6 Å². The highest BCUT2D eigenvalue weighted by Crippen LogP contribution is 2.38. The van der Waals surface area contributed by atoms with E-state index in [9.17, 15) is 9.59 Å². The lowest BCUT2D eigenvalue weighted by atomic mass is 9.86. The van der Waals surface area contributed by atoms with Gasteiger partial charge < -0.3 is 14.8 Å². The predicted octanol–water partition coefficient (Wildman–Crippen LogP) is 4.02. The fraction of sp³-hybridized carbons (Fsp3) is 0.391. The first kappa shape index (κ1) is 21.1. The van der Waals surface area contributed by atoms with Crippen LogP contribution in [-0.4, -0.2) is 47.2 Å². The van der Waals surface area contributed by atoms with Gasteiger partial charge in [0, 0.05) is 11.6 Å². The molecule has 7 heteroatoms. The number of hydrogen-bond acceptors (Lipinski definition) is 6. The van der Waals surface area contributed by atoms with Crippen molar-refractivity contribution in [3.8, 4) is 0 Å². The van der Waals surface area contributed by atoms with Gasteiger partial charge in [-0.3, -0.25) is 4.90 Å². The Labute approximate surface area is 190 Å². The Morgan fingerprint density at radius 2 is 1.73 bits per heavy atom. The van der Waals surface area contributed by atoms with Gasteiger partial charge in [-0.2, -0.15) is 0 Å². The number of methoxy groups -OCH3 is 1. The van der Waals surface area contributed by atoms with E-state index in [0.717, 1.165) is 37.2 Å². The molecule has 0 aliphatic carbocycles. The fourth-order valence-corrected chi connectivity index (χ4v) is 5.48. The molecule has 3 aliphatic rings. The van der Waals surface area contributed by atoms with Crippen molar-refractivity contribution < 1.29 is 19.1 Å². The van der Waals surface area contributed by atoms with Gasteiger partial charge in [-0.25, -0.2) is 9.59 Å². The van der Waals surface area contributed by atoms with Crippen LogP contribution in [-0.2, 0) is 14.3 Å². The molecular formula is C23H25IN2O4. The van der Waals surface area contributed by atoms with Gasteiger partial charge in [0.25, 0.3) is 0 Å². The van der Waals surface area contributed by atoms with Crippen LogP contribution < -0.4 is 5.32 Å². The maximum atomic E-state index is 13.3. The highest BCUT2D eigenvalue weighted by atomic mass is 127. The lowest BCUT2D eigenvalue weighted by molar-refractivity contribution is -0.161. The molecule has 2 aromatic carbocycles. The minimum Gasteiger partial charge on any atom is -0.465 e. The van der Waals surface area contributed by atoms with E-state index in [0.29, 0.717) is 11.5 Å². The fourth-order valence-electron chi connectivity index (χ4n) is 4.19. The molecule has 3 unspecified atom stereocenters. The number of fused-ring (bicyclic) bond motifs is 3. The first-order valence-corrected chi connectivity index (χ1v) is 11.4. The molecule has 3 heterocycles. The van der Waals surface area contributed by atoms with Gasteiger partial charge in [0.05, 0.1) is 16.7 Å². The third kappa shape index (κ3) is 4.46. The van der Waals surface area contributed by atoms with Gasteiger partial charge in [-0.1, -0.05) is 52.9 Å². The Morgan fingerprint density at radius 3 is 2.33 bits per heavy atom. The van der Waals surface area contributed by atoms with Crippen molar-refractivity contribution in [3.05, 3.63) is 65.7 Å². The summed E-state index contributed by atoms with van der Waals surface area (Å²) in [6, 6.07) is 15.8. The summed E-state index contributed by atoms with van der Waals surface area (Å²) >= 11 is 2.40. The van der Waals surface area contributed by atoms with Crippen LogP contribution in [0.2, 0.25) is 0 Å². The van der Waals surface area contributed by atoms with Crippen molar-refractivity contribution in [1.82, 2.24) is 4.90 Å². The molecule has 3 fully saturated rings. The number of rotatable bonds is 6. The zero-order valence-corrected chi connectivity index (χ0v) is 18.9. The molecule has 3 aliphatic heterocycles. The number of carbonyl (C=O) groups excluding carboxylic acids is 2. The summed E-state index contributed by atoms with van der Waals surface area (Å²) in [6.45, 7) is 2.17. The van der Waals surface area contributed by atoms with Crippen LogP contribution in [0, 0.1) is 5.92 Å². The summed E-state index contributed by atoms with van der Waals surface area (Å²) in [4.78, 5) is 27.3. The topological polar surface area (TPSA) is 67.9 Å². The molecule has 158 valence electrons. The summed E-state index contributed by atoms with van der Waals surface area (Å²) in [6.07, 6.45) is 2.07. The number of carbonyl (C=O) groups is 2. The summed E-state index contributed by atoms with van der Waals surface area (Å²) < 4.78 is 11.0. The van der Waals surface area contributed by atoms with Crippen molar-refractivity contribution >= 4 is 40.2 Å². The molecule has 1 N–H and O–H groups in total. The van der Waals surface area contributed by atoms with Crippen molar-refractivity contribution in [3.63, 3.8) is 0 Å². The standard InChI is InChI=1S/C23H25IN2O4/c1-29-22(27)17-7-9-18(10-8-17)25-19(15-5-3-2-4-6-15)23(28)30-20-16-11-13-26(14-12-16)21(20)24/h2-10,16,19-21,25H,11-14H2,1H3. The number of piperidine rings is 3. The first-order chi connectivity index (χ1) is 14.6. The first-order valence-electron chi connectivity index (χ1n) is 10.2. The summed E-state index contributed by atoms with van der Waals surface area (Å²) in [7, 11) is 1.35. The highest BCUT2D eigenvalue weighted by molar-refractivity contribution is 14.1. The average Bonchev–Trinajstić information content (AvgIpc) is 2.80. The van der Waals surface area contributed by atoms with E-state index in [1.54, 1.807) is 24.3 Å². The zero-order valence-electron chi connectivity index (χ0n) is 16.8. The Hall–Kier alpha value is -2.13. The van der Waals surface area contributed by atoms with Crippen LogP contribution in [0.5, 0.6) is 0 Å². The highest BCUT2D eigenvalue weighted by Gasteiger charge is 2.44. The van der Waals surface area contributed by atoms with E-state index < -0.39 is 12.0 Å². The van der Waals surface area contributed by atoms with Crippen molar-refractivity contribution in [2.75, 3.05) is 25.5 Å². The quantitative estimate of drug-likeness (QED) is 0.269. The molecule has 0 aromatic heterocycles. The number of nitrogens with one attached hydrogen (secondary N) is 1. The van der Waals surface area contributed by atoms with E-state index in [-0.39, 0.29) is 16.1 Å². The summed E-state index contributed by atoms with van der Waals surface area (Å²) in [5.41, 5.74) is 2.03.